The van der Waals surface area contributed by atoms with E-state index in [1.165, 1.54) is 0 Å². The van der Waals surface area contributed by atoms with Gasteiger partial charge in [0.25, 0.3) is 11.8 Å². The van der Waals surface area contributed by atoms with E-state index in [0.29, 0.717) is 36.9 Å². The zero-order chi connectivity index (χ0) is 17.9. The number of aromatic nitrogens is 1. The summed E-state index contributed by atoms with van der Waals surface area (Å²) in [5.41, 5.74) is 0.338. The highest BCUT2D eigenvalue weighted by atomic mass is 16.5. The number of para-hydroxylation sites is 2. The first kappa shape index (κ1) is 18.3. The van der Waals surface area contributed by atoms with E-state index in [9.17, 15) is 9.59 Å². The summed E-state index contributed by atoms with van der Waals surface area (Å²) in [5, 5.41) is 5.35. The molecule has 0 spiro atoms. The van der Waals surface area contributed by atoms with Gasteiger partial charge in [0.2, 0.25) is 0 Å². The van der Waals surface area contributed by atoms with Crippen LogP contribution in [0.25, 0.3) is 0 Å². The molecule has 0 aliphatic carbocycles. The van der Waals surface area contributed by atoms with Gasteiger partial charge in [0.1, 0.15) is 5.69 Å². The van der Waals surface area contributed by atoms with Crippen LogP contribution in [0.2, 0.25) is 0 Å². The minimum absolute atomic E-state index is 0.127. The molecule has 0 saturated carbocycles. The molecule has 1 aromatic carbocycles. The number of ether oxygens (including phenoxy) is 2. The highest BCUT2D eigenvalue weighted by molar-refractivity contribution is 5.92. The molecule has 7 nitrogen and oxygen atoms in total. The molecule has 0 saturated heterocycles. The molecule has 25 heavy (non-hydrogen) atoms. The standard InChI is InChI=1S/C18H21N3O4/c1-2-24-15-8-3-4-9-16(15)25-13-17(22)20-11-12-21-18(23)14-7-5-6-10-19-14/h3-10H,2,11-13H2,1H3,(H,20,22)(H,21,23). The Balaban J connectivity index is 1.67. The van der Waals surface area contributed by atoms with Crippen LogP contribution in [-0.2, 0) is 4.79 Å². The molecule has 132 valence electrons. The first-order chi connectivity index (χ1) is 12.2. The number of nitrogens with zero attached hydrogens (tertiary/aromatic N) is 1. The van der Waals surface area contributed by atoms with Crippen molar-refractivity contribution in [1.82, 2.24) is 15.6 Å². The van der Waals surface area contributed by atoms with Gasteiger partial charge in [0, 0.05) is 19.3 Å². The smallest absolute Gasteiger partial charge is 0.269 e. The predicted molar refractivity (Wildman–Crippen MR) is 92.7 cm³/mol. The van der Waals surface area contributed by atoms with Crippen molar-refractivity contribution in [2.24, 2.45) is 0 Å². The summed E-state index contributed by atoms with van der Waals surface area (Å²) in [6, 6.07) is 12.3. The maximum atomic E-state index is 11.8. The van der Waals surface area contributed by atoms with E-state index in [1.54, 1.807) is 36.5 Å². The van der Waals surface area contributed by atoms with Crippen molar-refractivity contribution >= 4 is 11.8 Å². The third-order valence-corrected chi connectivity index (χ3v) is 3.14. The molecule has 2 rings (SSSR count). The molecule has 1 heterocycles. The van der Waals surface area contributed by atoms with E-state index in [0.717, 1.165) is 0 Å². The number of carbonyl (C=O) groups is 2. The van der Waals surface area contributed by atoms with Crippen LogP contribution < -0.4 is 20.1 Å². The zero-order valence-electron chi connectivity index (χ0n) is 14.0. The van der Waals surface area contributed by atoms with Crippen molar-refractivity contribution in [2.75, 3.05) is 26.3 Å². The van der Waals surface area contributed by atoms with Crippen LogP contribution in [0.4, 0.5) is 0 Å². The summed E-state index contributed by atoms with van der Waals surface area (Å²) < 4.78 is 10.9. The van der Waals surface area contributed by atoms with Gasteiger partial charge in [-0.3, -0.25) is 14.6 Å². The van der Waals surface area contributed by atoms with Gasteiger partial charge in [0.05, 0.1) is 6.61 Å². The molecule has 0 bridgehead atoms. The fourth-order valence-corrected chi connectivity index (χ4v) is 2.00. The van der Waals surface area contributed by atoms with Crippen molar-refractivity contribution < 1.29 is 19.1 Å². The molecule has 0 fully saturated rings. The molecule has 2 N–H and O–H groups in total. The average Bonchev–Trinajstić information content (AvgIpc) is 2.65. The summed E-state index contributed by atoms with van der Waals surface area (Å²) in [7, 11) is 0. The molecule has 0 radical (unpaired) electrons. The average molecular weight is 343 g/mol. The lowest BCUT2D eigenvalue weighted by atomic mass is 10.3. The molecule has 0 atom stereocenters. The Labute approximate surface area is 146 Å². The van der Waals surface area contributed by atoms with Crippen molar-refractivity contribution in [2.45, 2.75) is 6.92 Å². The second kappa shape index (κ2) is 9.92. The number of amides is 2. The lowest BCUT2D eigenvalue weighted by molar-refractivity contribution is -0.123. The fourth-order valence-electron chi connectivity index (χ4n) is 2.00. The Bertz CT molecular complexity index is 692. The van der Waals surface area contributed by atoms with Crippen LogP contribution in [0.1, 0.15) is 17.4 Å². The highest BCUT2D eigenvalue weighted by Gasteiger charge is 2.08. The summed E-state index contributed by atoms with van der Waals surface area (Å²) in [6.45, 7) is 2.87. The maximum absolute atomic E-state index is 11.8. The van der Waals surface area contributed by atoms with Gasteiger partial charge in [-0.2, -0.15) is 0 Å². The Kier molecular flexibility index (Phi) is 7.24. The number of nitrogens with one attached hydrogen (secondary N) is 2. The lowest BCUT2D eigenvalue weighted by Gasteiger charge is -2.11. The van der Waals surface area contributed by atoms with Crippen LogP contribution in [-0.4, -0.2) is 43.1 Å². The predicted octanol–water partition coefficient (Wildman–Crippen LogP) is 1.41. The van der Waals surface area contributed by atoms with Gasteiger partial charge in [-0.15, -0.1) is 0 Å². The lowest BCUT2D eigenvalue weighted by Crippen LogP contribution is -2.37. The number of hydrogen-bond donors (Lipinski definition) is 2. The van der Waals surface area contributed by atoms with Crippen molar-refractivity contribution in [3.8, 4) is 11.5 Å². The van der Waals surface area contributed by atoms with E-state index in [4.69, 9.17) is 9.47 Å². The van der Waals surface area contributed by atoms with Crippen molar-refractivity contribution in [1.29, 1.82) is 0 Å². The van der Waals surface area contributed by atoms with Gasteiger partial charge in [-0.1, -0.05) is 18.2 Å². The van der Waals surface area contributed by atoms with Crippen molar-refractivity contribution in [3.05, 3.63) is 54.4 Å². The maximum Gasteiger partial charge on any atom is 0.269 e. The molecule has 7 heteroatoms. The Morgan fingerprint density at radius 3 is 2.32 bits per heavy atom. The quantitative estimate of drug-likeness (QED) is 0.672. The van der Waals surface area contributed by atoms with Gasteiger partial charge < -0.3 is 20.1 Å². The summed E-state index contributed by atoms with van der Waals surface area (Å²) in [5.74, 6) is 0.554. The molecule has 2 aromatic rings. The van der Waals surface area contributed by atoms with Crippen LogP contribution in [0.15, 0.2) is 48.7 Å². The van der Waals surface area contributed by atoms with Gasteiger partial charge in [0.15, 0.2) is 18.1 Å². The van der Waals surface area contributed by atoms with E-state index in [-0.39, 0.29) is 18.4 Å². The molecule has 0 aliphatic rings. The number of carbonyl (C=O) groups excluding carboxylic acids is 2. The Hall–Kier alpha value is -3.09. The number of benzene rings is 1. The molecular weight excluding hydrogens is 322 g/mol. The molecule has 2 amide bonds. The topological polar surface area (TPSA) is 89.5 Å². The minimum atomic E-state index is -0.281. The zero-order valence-corrected chi connectivity index (χ0v) is 14.0. The number of pyridine rings is 1. The Morgan fingerprint density at radius 1 is 0.960 bits per heavy atom. The Morgan fingerprint density at radius 2 is 1.64 bits per heavy atom. The van der Waals surface area contributed by atoms with E-state index in [2.05, 4.69) is 15.6 Å². The highest BCUT2D eigenvalue weighted by Crippen LogP contribution is 2.26. The van der Waals surface area contributed by atoms with Gasteiger partial charge in [-0.05, 0) is 31.2 Å². The second-order valence-corrected chi connectivity index (χ2v) is 4.99. The van der Waals surface area contributed by atoms with Crippen LogP contribution in [0, 0.1) is 0 Å². The van der Waals surface area contributed by atoms with E-state index in [1.807, 2.05) is 19.1 Å². The second-order valence-electron chi connectivity index (χ2n) is 4.99. The summed E-state index contributed by atoms with van der Waals surface area (Å²) in [4.78, 5) is 27.5. The monoisotopic (exact) mass is 343 g/mol. The van der Waals surface area contributed by atoms with Crippen LogP contribution >= 0.6 is 0 Å². The van der Waals surface area contributed by atoms with Gasteiger partial charge in [-0.25, -0.2) is 0 Å². The summed E-state index contributed by atoms with van der Waals surface area (Å²) in [6.07, 6.45) is 1.55. The summed E-state index contributed by atoms with van der Waals surface area (Å²) >= 11 is 0. The third-order valence-electron chi connectivity index (χ3n) is 3.14. The van der Waals surface area contributed by atoms with Crippen LogP contribution in [0.5, 0.6) is 11.5 Å². The number of hydrogen-bond acceptors (Lipinski definition) is 5. The molecule has 0 aliphatic heterocycles. The number of rotatable bonds is 9. The first-order valence-electron chi connectivity index (χ1n) is 8.01. The largest absolute Gasteiger partial charge is 0.490 e. The third kappa shape index (κ3) is 6.14. The van der Waals surface area contributed by atoms with E-state index < -0.39 is 0 Å². The first-order valence-corrected chi connectivity index (χ1v) is 8.01. The molecule has 1 aromatic heterocycles. The van der Waals surface area contributed by atoms with Crippen molar-refractivity contribution in [3.63, 3.8) is 0 Å². The minimum Gasteiger partial charge on any atom is -0.490 e. The van der Waals surface area contributed by atoms with Gasteiger partial charge >= 0.3 is 0 Å². The molecular formula is C18H21N3O4. The normalized spacial score (nSPS) is 9.96. The SMILES string of the molecule is CCOc1ccccc1OCC(=O)NCCNC(=O)c1ccccn1. The van der Waals surface area contributed by atoms with E-state index >= 15 is 0 Å². The fraction of sp³-hybridized carbons (Fsp3) is 0.278. The molecule has 0 unspecified atom stereocenters. The van der Waals surface area contributed by atoms with Crippen LogP contribution in [0.3, 0.4) is 0 Å².